The minimum atomic E-state index is -0.289. The van der Waals surface area contributed by atoms with Gasteiger partial charge in [0.1, 0.15) is 11.6 Å². The monoisotopic (exact) mass is 408 g/mol. The molecule has 0 saturated carbocycles. The van der Waals surface area contributed by atoms with Crippen molar-refractivity contribution in [2.75, 3.05) is 13.1 Å². The highest BCUT2D eigenvalue weighted by atomic mass is 19.1. The summed E-state index contributed by atoms with van der Waals surface area (Å²) in [5.41, 5.74) is 2.78. The Morgan fingerprint density at radius 2 is 0.900 bits per heavy atom. The molecular formula is C24H22F2N2O2. The second-order valence-corrected chi connectivity index (χ2v) is 6.84. The zero-order valence-corrected chi connectivity index (χ0v) is 16.3. The van der Waals surface area contributed by atoms with Gasteiger partial charge in [-0.15, -0.1) is 0 Å². The maximum Gasteiger partial charge on any atom is 0.251 e. The number of nitrogens with one attached hydrogen (secondary N) is 2. The fraction of sp³-hybridized carbons (Fsp3) is 0.167. The van der Waals surface area contributed by atoms with E-state index in [1.54, 1.807) is 48.5 Å². The summed E-state index contributed by atoms with van der Waals surface area (Å²) in [6, 6.07) is 18.7. The first-order chi connectivity index (χ1) is 14.5. The highest BCUT2D eigenvalue weighted by molar-refractivity contribution is 5.97. The van der Waals surface area contributed by atoms with Crippen molar-refractivity contribution >= 4 is 11.8 Å². The van der Waals surface area contributed by atoms with E-state index >= 15 is 0 Å². The predicted octanol–water partition coefficient (Wildman–Crippen LogP) is 3.91. The average molecular weight is 408 g/mol. The van der Waals surface area contributed by atoms with E-state index in [4.69, 9.17) is 0 Å². The zero-order chi connectivity index (χ0) is 21.3. The number of hydrogen-bond acceptors (Lipinski definition) is 2. The van der Waals surface area contributed by atoms with Crippen molar-refractivity contribution in [2.45, 2.75) is 12.8 Å². The lowest BCUT2D eigenvalue weighted by Crippen LogP contribution is -2.27. The van der Waals surface area contributed by atoms with Gasteiger partial charge >= 0.3 is 0 Å². The molecule has 0 radical (unpaired) electrons. The molecule has 3 rings (SSSR count). The second kappa shape index (κ2) is 10.3. The van der Waals surface area contributed by atoms with Crippen LogP contribution in [0.25, 0.3) is 0 Å². The van der Waals surface area contributed by atoms with E-state index in [1.165, 1.54) is 24.3 Å². The average Bonchev–Trinajstić information content (AvgIpc) is 2.76. The summed E-state index contributed by atoms with van der Waals surface area (Å²) in [4.78, 5) is 24.4. The van der Waals surface area contributed by atoms with Crippen LogP contribution in [-0.4, -0.2) is 24.9 Å². The Morgan fingerprint density at radius 1 is 0.567 bits per heavy atom. The van der Waals surface area contributed by atoms with Crippen molar-refractivity contribution < 1.29 is 18.4 Å². The minimum absolute atomic E-state index is 0.236. The summed E-state index contributed by atoms with van der Waals surface area (Å²) in [7, 11) is 0. The van der Waals surface area contributed by atoms with Crippen molar-refractivity contribution in [3.05, 3.63) is 107 Å². The summed E-state index contributed by atoms with van der Waals surface area (Å²) in [6.07, 6.45) is 1.20. The number of benzene rings is 3. The molecule has 0 fully saturated rings. The van der Waals surface area contributed by atoms with E-state index in [1.807, 2.05) is 0 Å². The number of amides is 2. The number of hydrogen-bond donors (Lipinski definition) is 2. The molecule has 3 aromatic rings. The van der Waals surface area contributed by atoms with E-state index in [9.17, 15) is 18.4 Å². The molecule has 3 aromatic carbocycles. The quantitative estimate of drug-likeness (QED) is 0.594. The van der Waals surface area contributed by atoms with E-state index in [0.29, 0.717) is 37.1 Å². The Balaban J connectivity index is 1.43. The van der Waals surface area contributed by atoms with E-state index in [-0.39, 0.29) is 23.4 Å². The van der Waals surface area contributed by atoms with Gasteiger partial charge in [-0.1, -0.05) is 24.3 Å². The molecule has 2 N–H and O–H groups in total. The zero-order valence-electron chi connectivity index (χ0n) is 16.3. The van der Waals surface area contributed by atoms with Crippen molar-refractivity contribution in [1.29, 1.82) is 0 Å². The summed E-state index contributed by atoms with van der Waals surface area (Å²) in [5, 5.41) is 5.61. The van der Waals surface area contributed by atoms with Gasteiger partial charge in [-0.2, -0.15) is 0 Å². The first kappa shape index (κ1) is 21.2. The standard InChI is InChI=1S/C24H22F2N2O2/c25-21-9-1-17(2-10-21)13-15-27-23(29)19-5-7-20(8-6-19)24(30)28-16-14-18-3-11-22(26)12-4-18/h1-12H,13-16H2,(H,27,29)(H,28,30). The SMILES string of the molecule is O=C(NCCc1ccc(F)cc1)c1ccc(C(=O)NCCc2ccc(F)cc2)cc1. The molecular weight excluding hydrogens is 386 g/mol. The van der Waals surface area contributed by atoms with Crippen LogP contribution in [0.3, 0.4) is 0 Å². The Labute approximate surface area is 173 Å². The summed E-state index contributed by atoms with van der Waals surface area (Å²) in [5.74, 6) is -1.05. The van der Waals surface area contributed by atoms with Crippen LogP contribution >= 0.6 is 0 Å². The molecule has 154 valence electrons. The minimum Gasteiger partial charge on any atom is -0.352 e. The lowest BCUT2D eigenvalue weighted by atomic mass is 10.1. The molecule has 0 heterocycles. The normalized spacial score (nSPS) is 10.5. The Kier molecular flexibility index (Phi) is 7.27. The highest BCUT2D eigenvalue weighted by Gasteiger charge is 2.09. The molecule has 0 aliphatic heterocycles. The number of carbonyl (C=O) groups excluding carboxylic acids is 2. The van der Waals surface area contributed by atoms with Crippen molar-refractivity contribution in [1.82, 2.24) is 10.6 Å². The molecule has 0 aliphatic rings. The van der Waals surface area contributed by atoms with E-state index < -0.39 is 0 Å². The van der Waals surface area contributed by atoms with Gasteiger partial charge in [0.15, 0.2) is 0 Å². The molecule has 0 aromatic heterocycles. The molecule has 30 heavy (non-hydrogen) atoms. The van der Waals surface area contributed by atoms with Crippen LogP contribution in [-0.2, 0) is 12.8 Å². The molecule has 4 nitrogen and oxygen atoms in total. The predicted molar refractivity (Wildman–Crippen MR) is 111 cm³/mol. The molecule has 0 atom stereocenters. The fourth-order valence-electron chi connectivity index (χ4n) is 2.92. The van der Waals surface area contributed by atoms with Gasteiger partial charge in [-0.3, -0.25) is 9.59 Å². The van der Waals surface area contributed by atoms with Gasteiger partial charge in [0.25, 0.3) is 11.8 Å². The van der Waals surface area contributed by atoms with Crippen LogP contribution < -0.4 is 10.6 Å². The summed E-state index contributed by atoms with van der Waals surface area (Å²) >= 11 is 0. The number of carbonyl (C=O) groups is 2. The largest absolute Gasteiger partial charge is 0.352 e. The third kappa shape index (κ3) is 6.24. The molecule has 0 spiro atoms. The van der Waals surface area contributed by atoms with E-state index in [2.05, 4.69) is 10.6 Å². The van der Waals surface area contributed by atoms with Crippen LogP contribution in [0.15, 0.2) is 72.8 Å². The summed E-state index contributed by atoms with van der Waals surface area (Å²) < 4.78 is 25.8. The van der Waals surface area contributed by atoms with Crippen molar-refractivity contribution in [2.24, 2.45) is 0 Å². The molecule has 0 bridgehead atoms. The second-order valence-electron chi connectivity index (χ2n) is 6.84. The third-order valence-corrected chi connectivity index (χ3v) is 4.63. The third-order valence-electron chi connectivity index (χ3n) is 4.63. The van der Waals surface area contributed by atoms with E-state index in [0.717, 1.165) is 11.1 Å². The van der Waals surface area contributed by atoms with Crippen LogP contribution in [0, 0.1) is 11.6 Å². The van der Waals surface area contributed by atoms with Gasteiger partial charge in [-0.25, -0.2) is 8.78 Å². The van der Waals surface area contributed by atoms with Crippen molar-refractivity contribution in [3.8, 4) is 0 Å². The van der Waals surface area contributed by atoms with Gasteiger partial charge in [-0.05, 0) is 72.5 Å². The smallest absolute Gasteiger partial charge is 0.251 e. The fourth-order valence-corrected chi connectivity index (χ4v) is 2.92. The van der Waals surface area contributed by atoms with Gasteiger partial charge in [0.2, 0.25) is 0 Å². The van der Waals surface area contributed by atoms with Gasteiger partial charge in [0.05, 0.1) is 0 Å². The van der Waals surface area contributed by atoms with Crippen LogP contribution in [0.4, 0.5) is 8.78 Å². The number of halogens is 2. The molecule has 0 unspecified atom stereocenters. The highest BCUT2D eigenvalue weighted by Crippen LogP contribution is 2.07. The number of rotatable bonds is 8. The maximum absolute atomic E-state index is 12.9. The molecule has 6 heteroatoms. The lowest BCUT2D eigenvalue weighted by molar-refractivity contribution is 0.0942. The Hall–Kier alpha value is -3.54. The molecule has 0 aliphatic carbocycles. The first-order valence-corrected chi connectivity index (χ1v) is 9.66. The van der Waals surface area contributed by atoms with Gasteiger partial charge < -0.3 is 10.6 Å². The maximum atomic E-state index is 12.9. The summed E-state index contributed by atoms with van der Waals surface area (Å²) in [6.45, 7) is 0.853. The topological polar surface area (TPSA) is 58.2 Å². The van der Waals surface area contributed by atoms with Crippen LogP contribution in [0.1, 0.15) is 31.8 Å². The lowest BCUT2D eigenvalue weighted by Gasteiger charge is -2.08. The van der Waals surface area contributed by atoms with Crippen LogP contribution in [0.2, 0.25) is 0 Å². The Bertz CT molecular complexity index is 903. The van der Waals surface area contributed by atoms with Crippen molar-refractivity contribution in [3.63, 3.8) is 0 Å². The Morgan fingerprint density at radius 3 is 1.23 bits per heavy atom. The molecule has 2 amide bonds. The first-order valence-electron chi connectivity index (χ1n) is 9.66. The van der Waals surface area contributed by atoms with Crippen LogP contribution in [0.5, 0.6) is 0 Å². The molecule has 0 saturated heterocycles. The van der Waals surface area contributed by atoms with Gasteiger partial charge in [0, 0.05) is 24.2 Å².